The van der Waals surface area contributed by atoms with Crippen LogP contribution in [-0.2, 0) is 4.74 Å². The van der Waals surface area contributed by atoms with Crippen molar-refractivity contribution in [2.75, 3.05) is 6.61 Å². The first-order valence-corrected chi connectivity index (χ1v) is 8.53. The molecule has 0 spiro atoms. The van der Waals surface area contributed by atoms with Crippen LogP contribution in [0.25, 0.3) is 15.8 Å². The smallest absolute Gasteiger partial charge is 0.137 e. The molecule has 0 amide bonds. The highest BCUT2D eigenvalue weighted by Crippen LogP contribution is 2.52. The SMILES string of the molecule is Cc1c(C2=C(C(C)(C)C)C(C)(C)CO2)sc2ccc(O)cc12. The minimum Gasteiger partial charge on any atom is -0.508 e. The summed E-state index contributed by atoms with van der Waals surface area (Å²) >= 11 is 1.76. The number of ether oxygens (including phenoxy) is 1. The minimum absolute atomic E-state index is 0.0539. The van der Waals surface area contributed by atoms with Crippen LogP contribution in [0, 0.1) is 17.8 Å². The molecule has 3 rings (SSSR count). The van der Waals surface area contributed by atoms with Gasteiger partial charge >= 0.3 is 0 Å². The van der Waals surface area contributed by atoms with Gasteiger partial charge in [-0.2, -0.15) is 0 Å². The first-order chi connectivity index (χ1) is 10.1. The fourth-order valence-corrected chi connectivity index (χ4v) is 4.86. The summed E-state index contributed by atoms with van der Waals surface area (Å²) in [7, 11) is 0. The van der Waals surface area contributed by atoms with Gasteiger partial charge in [-0.05, 0) is 47.1 Å². The molecule has 118 valence electrons. The summed E-state index contributed by atoms with van der Waals surface area (Å²) in [5.41, 5.74) is 2.71. The lowest BCUT2D eigenvalue weighted by atomic mass is 9.71. The van der Waals surface area contributed by atoms with Crippen LogP contribution in [0.2, 0.25) is 0 Å². The Labute approximate surface area is 136 Å². The highest BCUT2D eigenvalue weighted by Gasteiger charge is 2.42. The van der Waals surface area contributed by atoms with Gasteiger partial charge in [-0.1, -0.05) is 34.6 Å². The maximum atomic E-state index is 9.75. The Morgan fingerprint density at radius 3 is 2.55 bits per heavy atom. The van der Waals surface area contributed by atoms with Gasteiger partial charge in [-0.3, -0.25) is 0 Å². The average Bonchev–Trinajstić information content (AvgIpc) is 2.87. The van der Waals surface area contributed by atoms with Crippen LogP contribution in [0.1, 0.15) is 45.1 Å². The van der Waals surface area contributed by atoms with E-state index in [0.717, 1.165) is 17.8 Å². The molecule has 0 aliphatic carbocycles. The highest BCUT2D eigenvalue weighted by molar-refractivity contribution is 7.20. The average molecular weight is 316 g/mol. The number of hydrogen-bond acceptors (Lipinski definition) is 3. The molecule has 2 aromatic rings. The molecule has 3 heteroatoms. The molecular weight excluding hydrogens is 292 g/mol. The van der Waals surface area contributed by atoms with Gasteiger partial charge < -0.3 is 9.84 Å². The molecule has 1 aromatic carbocycles. The number of benzene rings is 1. The van der Waals surface area contributed by atoms with Crippen molar-refractivity contribution in [3.05, 3.63) is 34.2 Å². The Balaban J connectivity index is 2.28. The quantitative estimate of drug-likeness (QED) is 0.728. The lowest BCUT2D eigenvalue weighted by Gasteiger charge is -2.30. The highest BCUT2D eigenvalue weighted by atomic mass is 32.1. The number of thiophene rings is 1. The molecule has 0 atom stereocenters. The van der Waals surface area contributed by atoms with Crippen molar-refractivity contribution >= 4 is 27.2 Å². The third kappa shape index (κ3) is 2.32. The van der Waals surface area contributed by atoms with E-state index in [0.29, 0.717) is 5.75 Å². The molecule has 1 aromatic heterocycles. The summed E-state index contributed by atoms with van der Waals surface area (Å²) in [5.74, 6) is 1.37. The Morgan fingerprint density at radius 1 is 1.23 bits per heavy atom. The summed E-state index contributed by atoms with van der Waals surface area (Å²) < 4.78 is 7.36. The minimum atomic E-state index is 0.0539. The zero-order chi connectivity index (χ0) is 16.3. The standard InChI is InChI=1S/C19H24O2S/c1-11-13-9-12(20)7-8-14(13)22-16(11)15-17(18(2,3)4)19(5,6)10-21-15/h7-9,20H,10H2,1-6H3. The first-order valence-electron chi connectivity index (χ1n) is 7.72. The van der Waals surface area contributed by atoms with Gasteiger partial charge in [0.25, 0.3) is 0 Å². The number of phenols is 1. The number of rotatable bonds is 1. The van der Waals surface area contributed by atoms with E-state index in [1.807, 2.05) is 12.1 Å². The molecule has 0 saturated carbocycles. The van der Waals surface area contributed by atoms with E-state index in [1.54, 1.807) is 17.4 Å². The van der Waals surface area contributed by atoms with Crippen LogP contribution >= 0.6 is 11.3 Å². The van der Waals surface area contributed by atoms with E-state index in [1.165, 1.54) is 20.7 Å². The molecule has 1 N–H and O–H groups in total. The molecular formula is C19H24O2S. The topological polar surface area (TPSA) is 29.5 Å². The summed E-state index contributed by atoms with van der Waals surface area (Å²) in [6.45, 7) is 14.1. The van der Waals surface area contributed by atoms with Crippen molar-refractivity contribution in [3.8, 4) is 5.75 Å². The summed E-state index contributed by atoms with van der Waals surface area (Å²) in [4.78, 5) is 1.20. The molecule has 0 bridgehead atoms. The van der Waals surface area contributed by atoms with Crippen LogP contribution in [0.15, 0.2) is 23.8 Å². The van der Waals surface area contributed by atoms with Crippen LogP contribution in [0.5, 0.6) is 5.75 Å². The molecule has 0 unspecified atom stereocenters. The van der Waals surface area contributed by atoms with Crippen LogP contribution in [-0.4, -0.2) is 11.7 Å². The fraction of sp³-hybridized carbons (Fsp3) is 0.474. The second-order valence-electron chi connectivity index (χ2n) is 7.86. The van der Waals surface area contributed by atoms with Gasteiger partial charge in [0.05, 0.1) is 11.5 Å². The number of phenolic OH excluding ortho intramolecular Hbond substituents is 1. The largest absolute Gasteiger partial charge is 0.508 e. The van der Waals surface area contributed by atoms with Crippen molar-refractivity contribution in [2.45, 2.75) is 41.5 Å². The molecule has 0 radical (unpaired) electrons. The zero-order valence-electron chi connectivity index (χ0n) is 14.2. The first kappa shape index (κ1) is 15.4. The molecule has 2 nitrogen and oxygen atoms in total. The maximum absolute atomic E-state index is 9.75. The number of aryl methyl sites for hydroxylation is 1. The van der Waals surface area contributed by atoms with E-state index in [9.17, 15) is 5.11 Å². The van der Waals surface area contributed by atoms with Gasteiger partial charge in [0.15, 0.2) is 0 Å². The lowest BCUT2D eigenvalue weighted by Crippen LogP contribution is -2.24. The Kier molecular flexibility index (Phi) is 3.33. The van der Waals surface area contributed by atoms with Gasteiger partial charge in [-0.15, -0.1) is 11.3 Å². The predicted octanol–water partition coefficient (Wildman–Crippen LogP) is 5.73. The Hall–Kier alpha value is -1.48. The Morgan fingerprint density at radius 2 is 1.91 bits per heavy atom. The van der Waals surface area contributed by atoms with Gasteiger partial charge in [0.2, 0.25) is 0 Å². The molecule has 0 saturated heterocycles. The normalized spacial score (nSPS) is 18.1. The second kappa shape index (κ2) is 4.76. The van der Waals surface area contributed by atoms with E-state index in [2.05, 4.69) is 41.5 Å². The van der Waals surface area contributed by atoms with Gasteiger partial charge in [-0.25, -0.2) is 0 Å². The van der Waals surface area contributed by atoms with Crippen LogP contribution in [0.3, 0.4) is 0 Å². The summed E-state index contributed by atoms with van der Waals surface area (Å²) in [6, 6.07) is 5.59. The van der Waals surface area contributed by atoms with Crippen molar-refractivity contribution < 1.29 is 9.84 Å². The third-order valence-corrected chi connectivity index (χ3v) is 5.63. The monoisotopic (exact) mass is 316 g/mol. The maximum Gasteiger partial charge on any atom is 0.137 e. The van der Waals surface area contributed by atoms with E-state index in [-0.39, 0.29) is 10.8 Å². The molecule has 2 heterocycles. The molecule has 1 aliphatic heterocycles. The number of aromatic hydroxyl groups is 1. The third-order valence-electron chi connectivity index (χ3n) is 4.36. The van der Waals surface area contributed by atoms with Gasteiger partial charge in [0.1, 0.15) is 11.5 Å². The van der Waals surface area contributed by atoms with Crippen molar-refractivity contribution in [1.29, 1.82) is 0 Å². The van der Waals surface area contributed by atoms with Gasteiger partial charge in [0, 0.05) is 10.1 Å². The Bertz CT molecular complexity index is 773. The van der Waals surface area contributed by atoms with E-state index in [4.69, 9.17) is 4.74 Å². The zero-order valence-corrected chi connectivity index (χ0v) is 15.0. The van der Waals surface area contributed by atoms with Crippen molar-refractivity contribution in [3.63, 3.8) is 0 Å². The van der Waals surface area contributed by atoms with Crippen molar-refractivity contribution in [1.82, 2.24) is 0 Å². The molecule has 1 aliphatic rings. The number of hydrogen-bond donors (Lipinski definition) is 1. The summed E-state index contributed by atoms with van der Waals surface area (Å²) in [6.07, 6.45) is 0. The van der Waals surface area contributed by atoms with E-state index >= 15 is 0 Å². The summed E-state index contributed by atoms with van der Waals surface area (Å²) in [5, 5.41) is 10.9. The van der Waals surface area contributed by atoms with Crippen molar-refractivity contribution in [2.24, 2.45) is 10.8 Å². The fourth-order valence-electron chi connectivity index (χ4n) is 3.66. The lowest BCUT2D eigenvalue weighted by molar-refractivity contribution is 0.214. The molecule has 0 fully saturated rings. The molecule has 22 heavy (non-hydrogen) atoms. The predicted molar refractivity (Wildman–Crippen MR) is 94.3 cm³/mol. The van der Waals surface area contributed by atoms with Crippen LogP contribution in [0.4, 0.5) is 0 Å². The number of fused-ring (bicyclic) bond motifs is 1. The second-order valence-corrected chi connectivity index (χ2v) is 8.92. The van der Waals surface area contributed by atoms with E-state index < -0.39 is 0 Å². The van der Waals surface area contributed by atoms with Crippen LogP contribution < -0.4 is 0 Å².